The monoisotopic (exact) mass is 216 g/mol. The van der Waals surface area contributed by atoms with Crippen LogP contribution in [0.1, 0.15) is 10.4 Å². The summed E-state index contributed by atoms with van der Waals surface area (Å²) in [5.41, 5.74) is 7.56. The molecule has 0 bridgehead atoms. The number of halogens is 1. The van der Waals surface area contributed by atoms with Crippen molar-refractivity contribution in [1.82, 2.24) is 4.98 Å². The van der Waals surface area contributed by atoms with Crippen LogP contribution in [0.25, 0.3) is 11.1 Å². The lowest BCUT2D eigenvalue weighted by atomic mass is 10.0. The quantitative estimate of drug-likeness (QED) is 0.783. The predicted molar refractivity (Wildman–Crippen MR) is 59.4 cm³/mol. The van der Waals surface area contributed by atoms with Crippen LogP contribution in [-0.2, 0) is 0 Å². The van der Waals surface area contributed by atoms with E-state index in [-0.39, 0.29) is 5.56 Å². The molecule has 0 unspecified atom stereocenters. The number of rotatable bonds is 2. The van der Waals surface area contributed by atoms with Crippen LogP contribution in [-0.4, -0.2) is 11.3 Å². The Balaban J connectivity index is 2.54. The summed E-state index contributed by atoms with van der Waals surface area (Å²) in [7, 11) is 0. The Morgan fingerprint density at radius 2 is 2.12 bits per heavy atom. The van der Waals surface area contributed by atoms with E-state index in [1.54, 1.807) is 18.3 Å². The number of nitrogens with zero attached hydrogens (tertiary/aromatic N) is 1. The molecule has 1 aromatic carbocycles. The number of hydrogen-bond donors (Lipinski definition) is 1. The van der Waals surface area contributed by atoms with Gasteiger partial charge in [0.1, 0.15) is 5.82 Å². The molecule has 0 aliphatic carbocycles. The van der Waals surface area contributed by atoms with Crippen molar-refractivity contribution in [3.8, 4) is 11.1 Å². The fourth-order valence-electron chi connectivity index (χ4n) is 1.46. The highest BCUT2D eigenvalue weighted by molar-refractivity contribution is 5.80. The number of aromatic nitrogens is 1. The molecule has 16 heavy (non-hydrogen) atoms. The number of nitrogens with two attached hydrogens (primary N) is 1. The Kier molecular flexibility index (Phi) is 2.64. The second kappa shape index (κ2) is 4.10. The van der Waals surface area contributed by atoms with Gasteiger partial charge in [-0.2, -0.15) is 0 Å². The molecule has 0 amide bonds. The van der Waals surface area contributed by atoms with Crippen molar-refractivity contribution in [3.05, 3.63) is 48.0 Å². The lowest BCUT2D eigenvalue weighted by molar-refractivity contribution is 0.112. The molecule has 1 aromatic heterocycles. The van der Waals surface area contributed by atoms with E-state index in [1.165, 1.54) is 18.3 Å². The van der Waals surface area contributed by atoms with E-state index in [2.05, 4.69) is 4.98 Å². The number of anilines is 1. The van der Waals surface area contributed by atoms with Gasteiger partial charge in [-0.15, -0.1) is 0 Å². The average molecular weight is 216 g/mol. The maximum Gasteiger partial charge on any atom is 0.152 e. The first kappa shape index (κ1) is 10.3. The van der Waals surface area contributed by atoms with E-state index in [9.17, 15) is 9.18 Å². The van der Waals surface area contributed by atoms with Crippen molar-refractivity contribution >= 4 is 12.0 Å². The van der Waals surface area contributed by atoms with Gasteiger partial charge in [0, 0.05) is 11.8 Å². The zero-order chi connectivity index (χ0) is 11.5. The third-order valence-corrected chi connectivity index (χ3v) is 2.29. The number of carbonyl (C=O) groups is 1. The number of pyridine rings is 1. The van der Waals surface area contributed by atoms with E-state index in [1.807, 2.05) is 0 Å². The highest BCUT2D eigenvalue weighted by atomic mass is 19.1. The topological polar surface area (TPSA) is 56.0 Å². The molecule has 0 spiro atoms. The third-order valence-electron chi connectivity index (χ3n) is 2.29. The zero-order valence-electron chi connectivity index (χ0n) is 8.35. The Morgan fingerprint density at radius 3 is 2.75 bits per heavy atom. The van der Waals surface area contributed by atoms with Crippen molar-refractivity contribution < 1.29 is 9.18 Å². The highest BCUT2D eigenvalue weighted by Crippen LogP contribution is 2.25. The Bertz CT molecular complexity index is 540. The van der Waals surface area contributed by atoms with E-state index < -0.39 is 5.82 Å². The fourth-order valence-corrected chi connectivity index (χ4v) is 1.46. The SMILES string of the molecule is Nc1cnccc1-c1ccc(C=O)c(F)c1. The van der Waals surface area contributed by atoms with Gasteiger partial charge in [-0.1, -0.05) is 6.07 Å². The summed E-state index contributed by atoms with van der Waals surface area (Å²) in [4.78, 5) is 14.3. The predicted octanol–water partition coefficient (Wildman–Crippen LogP) is 2.28. The number of nitrogen functional groups attached to an aromatic ring is 1. The third kappa shape index (κ3) is 1.77. The molecule has 2 rings (SSSR count). The van der Waals surface area contributed by atoms with Crippen LogP contribution in [0.3, 0.4) is 0 Å². The summed E-state index contributed by atoms with van der Waals surface area (Å²) in [5, 5.41) is 0. The summed E-state index contributed by atoms with van der Waals surface area (Å²) < 4.78 is 13.4. The van der Waals surface area contributed by atoms with Crippen LogP contribution in [0.4, 0.5) is 10.1 Å². The molecule has 0 saturated carbocycles. The molecule has 0 atom stereocenters. The van der Waals surface area contributed by atoms with Crippen molar-refractivity contribution in [1.29, 1.82) is 0 Å². The van der Waals surface area contributed by atoms with Crippen molar-refractivity contribution in [3.63, 3.8) is 0 Å². The summed E-state index contributed by atoms with van der Waals surface area (Å²) >= 11 is 0. The Morgan fingerprint density at radius 1 is 1.31 bits per heavy atom. The molecule has 0 saturated heterocycles. The molecule has 80 valence electrons. The van der Waals surface area contributed by atoms with Crippen molar-refractivity contribution in [2.45, 2.75) is 0 Å². The summed E-state index contributed by atoms with van der Waals surface area (Å²) in [6.45, 7) is 0. The van der Waals surface area contributed by atoms with Crippen LogP contribution >= 0.6 is 0 Å². The van der Waals surface area contributed by atoms with Gasteiger partial charge in [0.2, 0.25) is 0 Å². The summed E-state index contributed by atoms with van der Waals surface area (Å²) in [6, 6.07) is 6.07. The van der Waals surface area contributed by atoms with Gasteiger partial charge in [-0.25, -0.2) is 4.39 Å². The normalized spacial score (nSPS) is 10.1. The van der Waals surface area contributed by atoms with Gasteiger partial charge in [0.05, 0.1) is 17.4 Å². The molecule has 4 heteroatoms. The van der Waals surface area contributed by atoms with Gasteiger partial charge in [0.15, 0.2) is 6.29 Å². The zero-order valence-corrected chi connectivity index (χ0v) is 8.35. The van der Waals surface area contributed by atoms with E-state index in [0.29, 0.717) is 23.1 Å². The Labute approximate surface area is 91.7 Å². The largest absolute Gasteiger partial charge is 0.397 e. The molecule has 0 aliphatic heterocycles. The number of aldehydes is 1. The summed E-state index contributed by atoms with van der Waals surface area (Å²) in [6.07, 6.45) is 3.56. The van der Waals surface area contributed by atoms with E-state index in [4.69, 9.17) is 5.73 Å². The van der Waals surface area contributed by atoms with Crippen molar-refractivity contribution in [2.75, 3.05) is 5.73 Å². The highest BCUT2D eigenvalue weighted by Gasteiger charge is 2.06. The van der Waals surface area contributed by atoms with Crippen LogP contribution in [0.2, 0.25) is 0 Å². The second-order valence-electron chi connectivity index (χ2n) is 3.32. The van der Waals surface area contributed by atoms with Gasteiger partial charge >= 0.3 is 0 Å². The Hall–Kier alpha value is -2.23. The minimum absolute atomic E-state index is 0.0383. The average Bonchev–Trinajstić information content (AvgIpc) is 2.29. The van der Waals surface area contributed by atoms with Crippen LogP contribution in [0.15, 0.2) is 36.7 Å². The van der Waals surface area contributed by atoms with Gasteiger partial charge < -0.3 is 5.73 Å². The fraction of sp³-hybridized carbons (Fsp3) is 0. The standard InChI is InChI=1S/C12H9FN2O/c13-11-5-8(1-2-9(11)7-16)10-3-4-15-6-12(10)14/h1-7H,14H2. The van der Waals surface area contributed by atoms with Gasteiger partial charge in [0.25, 0.3) is 0 Å². The first-order chi connectivity index (χ1) is 7.72. The van der Waals surface area contributed by atoms with Crippen LogP contribution in [0, 0.1) is 5.82 Å². The minimum atomic E-state index is -0.552. The van der Waals surface area contributed by atoms with Gasteiger partial charge in [-0.05, 0) is 23.8 Å². The maximum absolute atomic E-state index is 13.4. The molecule has 0 aliphatic rings. The van der Waals surface area contributed by atoms with Crippen molar-refractivity contribution in [2.24, 2.45) is 0 Å². The second-order valence-corrected chi connectivity index (χ2v) is 3.32. The first-order valence-electron chi connectivity index (χ1n) is 4.67. The molecule has 3 nitrogen and oxygen atoms in total. The molecule has 2 aromatic rings. The lowest BCUT2D eigenvalue weighted by Crippen LogP contribution is -1.93. The molecule has 2 N–H and O–H groups in total. The molecular weight excluding hydrogens is 207 g/mol. The lowest BCUT2D eigenvalue weighted by Gasteiger charge is -2.05. The molecular formula is C12H9FN2O. The van der Waals surface area contributed by atoms with Crippen LogP contribution < -0.4 is 5.73 Å². The smallest absolute Gasteiger partial charge is 0.152 e. The number of carbonyl (C=O) groups excluding carboxylic acids is 1. The van der Waals surface area contributed by atoms with Gasteiger partial charge in [-0.3, -0.25) is 9.78 Å². The minimum Gasteiger partial charge on any atom is -0.397 e. The number of benzene rings is 1. The maximum atomic E-state index is 13.4. The molecule has 0 fully saturated rings. The molecule has 0 radical (unpaired) electrons. The summed E-state index contributed by atoms with van der Waals surface area (Å²) in [5.74, 6) is -0.552. The van der Waals surface area contributed by atoms with E-state index >= 15 is 0 Å². The first-order valence-corrected chi connectivity index (χ1v) is 4.67. The number of hydrogen-bond acceptors (Lipinski definition) is 3. The van der Waals surface area contributed by atoms with E-state index in [0.717, 1.165) is 0 Å². The molecule has 1 heterocycles. The van der Waals surface area contributed by atoms with Crippen LogP contribution in [0.5, 0.6) is 0 Å².